The molecule has 0 radical (unpaired) electrons. The van der Waals surface area contributed by atoms with Crippen LogP contribution in [0, 0.1) is 6.92 Å². The number of anilines is 1. The Morgan fingerprint density at radius 1 is 1.22 bits per heavy atom. The van der Waals surface area contributed by atoms with E-state index in [0.29, 0.717) is 11.6 Å². The second-order valence-corrected chi connectivity index (χ2v) is 5.01. The summed E-state index contributed by atoms with van der Waals surface area (Å²) in [6.45, 7) is 1.95. The minimum absolute atomic E-state index is 0.549. The Hall–Kier alpha value is -1.88. The molecule has 0 unspecified atom stereocenters. The van der Waals surface area contributed by atoms with Gasteiger partial charge >= 0.3 is 0 Å². The molecule has 90 valence electrons. The first-order valence-corrected chi connectivity index (χ1v) is 6.20. The third-order valence-electron chi connectivity index (χ3n) is 2.65. The number of hydrogen-bond donors (Lipinski definition) is 1. The molecular weight excluding hydrogens is 294 g/mol. The van der Waals surface area contributed by atoms with Crippen LogP contribution in [-0.4, -0.2) is 9.97 Å². The van der Waals surface area contributed by atoms with Crippen LogP contribution in [0.25, 0.3) is 22.6 Å². The topological polar surface area (TPSA) is 64.9 Å². The van der Waals surface area contributed by atoms with Crippen LogP contribution in [0.5, 0.6) is 0 Å². The van der Waals surface area contributed by atoms with Crippen molar-refractivity contribution < 1.29 is 4.42 Å². The van der Waals surface area contributed by atoms with E-state index in [0.717, 1.165) is 26.7 Å². The maximum atomic E-state index is 5.80. The predicted molar refractivity (Wildman–Crippen MR) is 74.1 cm³/mol. The lowest BCUT2D eigenvalue weighted by Crippen LogP contribution is -1.85. The van der Waals surface area contributed by atoms with E-state index in [9.17, 15) is 0 Å². The van der Waals surface area contributed by atoms with Gasteiger partial charge in [-0.2, -0.15) is 0 Å². The number of nitrogens with two attached hydrogens (primary N) is 1. The van der Waals surface area contributed by atoms with Crippen LogP contribution in [0.4, 0.5) is 5.69 Å². The van der Waals surface area contributed by atoms with Crippen LogP contribution in [0.15, 0.2) is 39.5 Å². The number of rotatable bonds is 1. The highest BCUT2D eigenvalue weighted by atomic mass is 79.9. The number of benzene rings is 1. The Bertz CT molecular complexity index is 736. The summed E-state index contributed by atoms with van der Waals surface area (Å²) in [5, 5.41) is 0. The number of hydrogen-bond acceptors (Lipinski definition) is 4. The number of aromatic nitrogens is 2. The molecule has 0 aliphatic carbocycles. The van der Waals surface area contributed by atoms with Crippen LogP contribution >= 0.6 is 15.9 Å². The molecule has 18 heavy (non-hydrogen) atoms. The fourth-order valence-electron chi connectivity index (χ4n) is 1.88. The lowest BCUT2D eigenvalue weighted by atomic mass is 10.2. The predicted octanol–water partition coefficient (Wildman–Crippen LogP) is 3.54. The van der Waals surface area contributed by atoms with E-state index in [1.165, 1.54) is 0 Å². The van der Waals surface area contributed by atoms with Gasteiger partial charge in [0.15, 0.2) is 5.58 Å². The van der Waals surface area contributed by atoms with Crippen molar-refractivity contribution in [3.05, 3.63) is 40.6 Å². The van der Waals surface area contributed by atoms with E-state index >= 15 is 0 Å². The van der Waals surface area contributed by atoms with Gasteiger partial charge in [0.25, 0.3) is 0 Å². The van der Waals surface area contributed by atoms with Gasteiger partial charge in [-0.15, -0.1) is 0 Å². The summed E-state index contributed by atoms with van der Waals surface area (Å²) in [7, 11) is 0. The first-order chi connectivity index (χ1) is 8.63. The van der Waals surface area contributed by atoms with Crippen LogP contribution in [-0.2, 0) is 0 Å². The van der Waals surface area contributed by atoms with E-state index in [-0.39, 0.29) is 0 Å². The number of aryl methyl sites for hydroxylation is 1. The van der Waals surface area contributed by atoms with Crippen LogP contribution < -0.4 is 5.73 Å². The summed E-state index contributed by atoms with van der Waals surface area (Å²) in [4.78, 5) is 8.54. The number of nitrogen functional groups attached to an aromatic ring is 1. The molecule has 0 saturated carbocycles. The second kappa shape index (κ2) is 4.10. The van der Waals surface area contributed by atoms with Gasteiger partial charge in [0.05, 0.1) is 5.56 Å². The average Bonchev–Trinajstić information content (AvgIpc) is 2.73. The largest absolute Gasteiger partial charge is 0.436 e. The van der Waals surface area contributed by atoms with E-state index in [1.54, 1.807) is 18.5 Å². The fraction of sp³-hybridized carbons (Fsp3) is 0.0769. The third kappa shape index (κ3) is 1.86. The number of nitrogens with zero attached hydrogens (tertiary/aromatic N) is 2. The molecule has 5 heteroatoms. The Balaban J connectivity index is 2.22. The molecule has 2 N–H and O–H groups in total. The number of pyridine rings is 1. The van der Waals surface area contributed by atoms with Crippen molar-refractivity contribution in [3.8, 4) is 11.5 Å². The van der Waals surface area contributed by atoms with Gasteiger partial charge in [0.1, 0.15) is 5.52 Å². The van der Waals surface area contributed by atoms with Gasteiger partial charge in [-0.3, -0.25) is 4.98 Å². The van der Waals surface area contributed by atoms with Crippen molar-refractivity contribution >= 4 is 32.7 Å². The lowest BCUT2D eigenvalue weighted by Gasteiger charge is -1.95. The monoisotopic (exact) mass is 303 g/mol. The highest BCUT2D eigenvalue weighted by Crippen LogP contribution is 2.28. The summed E-state index contributed by atoms with van der Waals surface area (Å²) in [6, 6.07) is 5.59. The smallest absolute Gasteiger partial charge is 0.228 e. The van der Waals surface area contributed by atoms with Crippen molar-refractivity contribution in [2.75, 3.05) is 5.73 Å². The molecule has 0 saturated heterocycles. The molecule has 0 aliphatic heterocycles. The van der Waals surface area contributed by atoms with Gasteiger partial charge in [-0.05, 0) is 46.6 Å². The van der Waals surface area contributed by atoms with Crippen molar-refractivity contribution in [2.24, 2.45) is 0 Å². The van der Waals surface area contributed by atoms with E-state index in [2.05, 4.69) is 25.9 Å². The van der Waals surface area contributed by atoms with E-state index in [1.807, 2.05) is 19.1 Å². The molecule has 0 aliphatic rings. The first kappa shape index (κ1) is 11.2. The van der Waals surface area contributed by atoms with Gasteiger partial charge in [-0.1, -0.05) is 0 Å². The molecule has 0 spiro atoms. The van der Waals surface area contributed by atoms with Gasteiger partial charge in [0.2, 0.25) is 5.89 Å². The minimum atomic E-state index is 0.549. The summed E-state index contributed by atoms with van der Waals surface area (Å²) in [5.41, 5.74) is 9.82. The maximum absolute atomic E-state index is 5.80. The zero-order valence-corrected chi connectivity index (χ0v) is 11.2. The minimum Gasteiger partial charge on any atom is -0.436 e. The van der Waals surface area contributed by atoms with E-state index < -0.39 is 0 Å². The SMILES string of the molecule is Cc1cc(N)cc2nc(-c3cncc(Br)c3)oc12. The molecule has 2 aromatic heterocycles. The number of oxazole rings is 1. The Morgan fingerprint density at radius 2 is 2.06 bits per heavy atom. The summed E-state index contributed by atoms with van der Waals surface area (Å²) in [6.07, 6.45) is 3.43. The van der Waals surface area contributed by atoms with Crippen LogP contribution in [0.1, 0.15) is 5.56 Å². The van der Waals surface area contributed by atoms with Crippen LogP contribution in [0.3, 0.4) is 0 Å². The van der Waals surface area contributed by atoms with Crippen molar-refractivity contribution in [2.45, 2.75) is 6.92 Å². The molecule has 4 nitrogen and oxygen atoms in total. The van der Waals surface area contributed by atoms with Crippen molar-refractivity contribution in [1.29, 1.82) is 0 Å². The molecule has 0 fully saturated rings. The van der Waals surface area contributed by atoms with Gasteiger partial charge in [0, 0.05) is 22.6 Å². The zero-order valence-electron chi connectivity index (χ0n) is 9.64. The molecule has 0 atom stereocenters. The molecule has 1 aromatic carbocycles. The van der Waals surface area contributed by atoms with Crippen LogP contribution in [0.2, 0.25) is 0 Å². The Labute approximate surface area is 112 Å². The highest BCUT2D eigenvalue weighted by molar-refractivity contribution is 9.10. The van der Waals surface area contributed by atoms with Crippen molar-refractivity contribution in [3.63, 3.8) is 0 Å². The van der Waals surface area contributed by atoms with Crippen molar-refractivity contribution in [1.82, 2.24) is 9.97 Å². The maximum Gasteiger partial charge on any atom is 0.228 e. The third-order valence-corrected chi connectivity index (χ3v) is 3.08. The summed E-state index contributed by atoms with van der Waals surface area (Å²) < 4.78 is 6.65. The van der Waals surface area contributed by atoms with E-state index in [4.69, 9.17) is 10.2 Å². The van der Waals surface area contributed by atoms with Gasteiger partial charge < -0.3 is 10.2 Å². The second-order valence-electron chi connectivity index (χ2n) is 4.10. The number of halogens is 1. The lowest BCUT2D eigenvalue weighted by molar-refractivity contribution is 0.617. The molecule has 3 aromatic rings. The highest BCUT2D eigenvalue weighted by Gasteiger charge is 2.11. The standard InChI is InChI=1S/C13H10BrN3O/c1-7-2-10(15)4-11-12(7)18-13(17-11)8-3-9(14)6-16-5-8/h2-6H,15H2,1H3. The molecule has 2 heterocycles. The molecule has 0 amide bonds. The Morgan fingerprint density at radius 3 is 2.83 bits per heavy atom. The Kier molecular flexibility index (Phi) is 2.56. The normalized spacial score (nSPS) is 11.0. The first-order valence-electron chi connectivity index (χ1n) is 5.41. The summed E-state index contributed by atoms with van der Waals surface area (Å²) >= 11 is 3.38. The zero-order chi connectivity index (χ0) is 12.7. The number of fused-ring (bicyclic) bond motifs is 1. The average molecular weight is 304 g/mol. The molecular formula is C13H10BrN3O. The molecule has 3 rings (SSSR count). The fourth-order valence-corrected chi connectivity index (χ4v) is 2.24. The van der Waals surface area contributed by atoms with Gasteiger partial charge in [-0.25, -0.2) is 4.98 Å². The quantitative estimate of drug-likeness (QED) is 0.698. The summed E-state index contributed by atoms with van der Waals surface area (Å²) in [5.74, 6) is 0.549. The molecule has 0 bridgehead atoms.